The van der Waals surface area contributed by atoms with Gasteiger partial charge in [-0.2, -0.15) is 0 Å². The van der Waals surface area contributed by atoms with Crippen LogP contribution in [0.25, 0.3) is 10.8 Å². The average Bonchev–Trinajstić information content (AvgIpc) is 3.25. The van der Waals surface area contributed by atoms with Gasteiger partial charge in [-0.15, -0.1) is 11.3 Å². The molecule has 8 nitrogen and oxygen atoms in total. The van der Waals surface area contributed by atoms with Crippen LogP contribution in [0.5, 0.6) is 0 Å². The molecule has 0 aromatic carbocycles. The number of urea groups is 1. The molecule has 0 saturated heterocycles. The van der Waals surface area contributed by atoms with Crippen LogP contribution in [0.2, 0.25) is 0 Å². The van der Waals surface area contributed by atoms with Crippen molar-refractivity contribution in [3.05, 3.63) is 47.6 Å². The highest BCUT2D eigenvalue weighted by Gasteiger charge is 2.09. The summed E-state index contributed by atoms with van der Waals surface area (Å²) in [6.07, 6.45) is 2.97. The van der Waals surface area contributed by atoms with Crippen molar-refractivity contribution in [2.75, 3.05) is 12.4 Å². The minimum absolute atomic E-state index is 0.305. The van der Waals surface area contributed by atoms with Gasteiger partial charge in [0.1, 0.15) is 12.1 Å². The van der Waals surface area contributed by atoms with Crippen LogP contribution in [0.3, 0.4) is 0 Å². The highest BCUT2D eigenvalue weighted by molar-refractivity contribution is 7.13. The molecule has 2 amide bonds. The van der Waals surface area contributed by atoms with Gasteiger partial charge in [-0.05, 0) is 12.1 Å². The van der Waals surface area contributed by atoms with Crippen molar-refractivity contribution in [1.82, 2.24) is 20.3 Å². The lowest BCUT2D eigenvalue weighted by atomic mass is 10.4. The summed E-state index contributed by atoms with van der Waals surface area (Å²) in [5.74, 6) is 1.12. The zero-order valence-corrected chi connectivity index (χ0v) is 13.7. The van der Waals surface area contributed by atoms with Crippen LogP contribution in [0.4, 0.5) is 10.6 Å². The summed E-state index contributed by atoms with van der Waals surface area (Å²) in [4.78, 5) is 24.4. The van der Waals surface area contributed by atoms with E-state index in [1.807, 2.05) is 17.5 Å². The van der Waals surface area contributed by atoms with Gasteiger partial charge in [-0.1, -0.05) is 0 Å². The fourth-order valence-corrected chi connectivity index (χ4v) is 2.71. The monoisotopic (exact) mass is 345 g/mol. The van der Waals surface area contributed by atoms with E-state index in [-0.39, 0.29) is 6.03 Å². The predicted molar refractivity (Wildman–Crippen MR) is 88.4 cm³/mol. The molecule has 0 radical (unpaired) electrons. The number of anilines is 1. The van der Waals surface area contributed by atoms with E-state index in [1.54, 1.807) is 19.4 Å². The normalized spacial score (nSPS) is 10.5. The SMILES string of the molecule is COCc1cc(NC(=O)NCc2csc(-c3ccco3)n2)ncn1. The summed E-state index contributed by atoms with van der Waals surface area (Å²) >= 11 is 1.46. The van der Waals surface area contributed by atoms with E-state index in [1.165, 1.54) is 17.7 Å². The van der Waals surface area contributed by atoms with E-state index in [0.29, 0.717) is 30.4 Å². The molecular weight excluding hydrogens is 330 g/mol. The predicted octanol–water partition coefficient (Wildman–Crippen LogP) is 2.66. The molecule has 0 saturated carbocycles. The molecule has 3 heterocycles. The topological polar surface area (TPSA) is 102 Å². The highest BCUT2D eigenvalue weighted by Crippen LogP contribution is 2.23. The maximum Gasteiger partial charge on any atom is 0.320 e. The first-order chi connectivity index (χ1) is 11.7. The fraction of sp³-hybridized carbons (Fsp3) is 0.200. The molecular formula is C15H15N5O3S. The van der Waals surface area contributed by atoms with E-state index >= 15 is 0 Å². The summed E-state index contributed by atoms with van der Waals surface area (Å²) in [5, 5.41) is 8.02. The Kier molecular flexibility index (Phi) is 5.14. The molecule has 124 valence electrons. The summed E-state index contributed by atoms with van der Waals surface area (Å²) in [6, 6.07) is 4.93. The smallest absolute Gasteiger partial charge is 0.320 e. The van der Waals surface area contributed by atoms with Crippen LogP contribution < -0.4 is 10.6 Å². The number of aromatic nitrogens is 3. The van der Waals surface area contributed by atoms with Gasteiger partial charge in [0.25, 0.3) is 0 Å². The lowest BCUT2D eigenvalue weighted by Gasteiger charge is -2.06. The van der Waals surface area contributed by atoms with E-state index in [2.05, 4.69) is 25.6 Å². The van der Waals surface area contributed by atoms with Crippen LogP contribution in [0.15, 0.2) is 40.6 Å². The Balaban J connectivity index is 1.53. The largest absolute Gasteiger partial charge is 0.462 e. The van der Waals surface area contributed by atoms with Gasteiger partial charge >= 0.3 is 6.03 Å². The van der Waals surface area contributed by atoms with E-state index in [9.17, 15) is 4.79 Å². The first kappa shape index (κ1) is 16.1. The summed E-state index contributed by atoms with van der Waals surface area (Å²) in [7, 11) is 1.58. The van der Waals surface area contributed by atoms with Crippen LogP contribution in [0.1, 0.15) is 11.4 Å². The minimum Gasteiger partial charge on any atom is -0.462 e. The van der Waals surface area contributed by atoms with Crippen molar-refractivity contribution in [2.24, 2.45) is 0 Å². The molecule has 9 heteroatoms. The van der Waals surface area contributed by atoms with Gasteiger partial charge in [0.05, 0.1) is 30.8 Å². The number of carbonyl (C=O) groups is 1. The summed E-state index contributed by atoms with van der Waals surface area (Å²) in [5.41, 5.74) is 1.44. The van der Waals surface area contributed by atoms with Gasteiger partial charge in [0.2, 0.25) is 0 Å². The molecule has 2 N–H and O–H groups in total. The summed E-state index contributed by atoms with van der Waals surface area (Å²) in [6.45, 7) is 0.659. The molecule has 0 aliphatic heterocycles. The number of hydrogen-bond acceptors (Lipinski definition) is 7. The van der Waals surface area contributed by atoms with Crippen molar-refractivity contribution < 1.29 is 13.9 Å². The van der Waals surface area contributed by atoms with Crippen molar-refractivity contribution >= 4 is 23.2 Å². The zero-order chi connectivity index (χ0) is 16.8. The molecule has 24 heavy (non-hydrogen) atoms. The number of methoxy groups -OCH3 is 1. The maximum atomic E-state index is 11.9. The third kappa shape index (κ3) is 4.15. The number of thiazole rings is 1. The first-order valence-corrected chi connectivity index (χ1v) is 7.95. The molecule has 0 spiro atoms. The Labute approximate surface area is 141 Å². The molecule has 3 aromatic heterocycles. The van der Waals surface area contributed by atoms with Gasteiger partial charge in [-0.25, -0.2) is 19.7 Å². The third-order valence-corrected chi connectivity index (χ3v) is 3.88. The zero-order valence-electron chi connectivity index (χ0n) is 12.9. The Morgan fingerprint density at radius 1 is 1.38 bits per heavy atom. The first-order valence-electron chi connectivity index (χ1n) is 7.07. The number of carbonyl (C=O) groups excluding carboxylic acids is 1. The van der Waals surface area contributed by atoms with Crippen LogP contribution in [-0.2, 0) is 17.9 Å². The van der Waals surface area contributed by atoms with Gasteiger partial charge < -0.3 is 14.5 Å². The van der Waals surface area contributed by atoms with Crippen LogP contribution >= 0.6 is 11.3 Å². The molecule has 0 bridgehead atoms. The molecule has 3 aromatic rings. The Hall–Kier alpha value is -2.78. The number of hydrogen-bond donors (Lipinski definition) is 2. The fourth-order valence-electron chi connectivity index (χ4n) is 1.93. The number of rotatable bonds is 6. The lowest BCUT2D eigenvalue weighted by Crippen LogP contribution is -2.28. The average molecular weight is 345 g/mol. The molecule has 0 atom stereocenters. The Bertz CT molecular complexity index is 803. The molecule has 3 rings (SSSR count). The minimum atomic E-state index is -0.371. The molecule has 0 aliphatic rings. The third-order valence-electron chi connectivity index (χ3n) is 2.97. The van der Waals surface area contributed by atoms with Gasteiger partial charge in [-0.3, -0.25) is 5.32 Å². The van der Waals surface area contributed by atoms with Gasteiger partial charge in [0, 0.05) is 18.6 Å². The second-order valence-corrected chi connectivity index (χ2v) is 5.61. The van der Waals surface area contributed by atoms with Gasteiger partial charge in [0.15, 0.2) is 10.8 Å². The highest BCUT2D eigenvalue weighted by atomic mass is 32.1. The van der Waals surface area contributed by atoms with Crippen molar-refractivity contribution in [1.29, 1.82) is 0 Å². The van der Waals surface area contributed by atoms with Crippen molar-refractivity contribution in [3.8, 4) is 10.8 Å². The van der Waals surface area contributed by atoms with Crippen molar-refractivity contribution in [3.63, 3.8) is 0 Å². The summed E-state index contributed by atoms with van der Waals surface area (Å²) < 4.78 is 10.3. The van der Waals surface area contributed by atoms with E-state index in [0.717, 1.165) is 10.7 Å². The molecule has 0 unspecified atom stereocenters. The number of ether oxygens (including phenoxy) is 1. The second-order valence-electron chi connectivity index (χ2n) is 4.76. The number of nitrogens with zero attached hydrogens (tertiary/aromatic N) is 3. The van der Waals surface area contributed by atoms with Crippen LogP contribution in [0, 0.1) is 0 Å². The van der Waals surface area contributed by atoms with E-state index < -0.39 is 0 Å². The number of amides is 2. The quantitative estimate of drug-likeness (QED) is 0.712. The second kappa shape index (κ2) is 7.66. The van der Waals surface area contributed by atoms with Crippen LogP contribution in [-0.4, -0.2) is 28.1 Å². The lowest BCUT2D eigenvalue weighted by molar-refractivity contribution is 0.181. The van der Waals surface area contributed by atoms with Crippen molar-refractivity contribution in [2.45, 2.75) is 13.2 Å². The number of nitrogens with one attached hydrogen (secondary N) is 2. The Morgan fingerprint density at radius 3 is 3.08 bits per heavy atom. The van der Waals surface area contributed by atoms with E-state index in [4.69, 9.17) is 9.15 Å². The number of furan rings is 1. The molecule has 0 aliphatic carbocycles. The standard InChI is InChI=1S/C15H15N5O3S/c1-22-7-10-5-13(18-9-17-10)20-15(21)16-6-11-8-24-14(19-11)12-3-2-4-23-12/h2-5,8-9H,6-7H2,1H3,(H2,16,17,18,20,21). The maximum absolute atomic E-state index is 11.9. The molecule has 0 fully saturated rings. The Morgan fingerprint density at radius 2 is 2.29 bits per heavy atom.